The summed E-state index contributed by atoms with van der Waals surface area (Å²) in [5.41, 5.74) is 4.71. The van der Waals surface area contributed by atoms with Crippen LogP contribution in [-0.2, 0) is 0 Å². The maximum atomic E-state index is 7.93. The molecule has 0 unspecified atom stereocenters. The van der Waals surface area contributed by atoms with Gasteiger partial charge in [0.1, 0.15) is 0 Å². The second-order valence-electron chi connectivity index (χ2n) is 5.33. The lowest BCUT2D eigenvalue weighted by Crippen LogP contribution is -1.86. The third-order valence-electron chi connectivity index (χ3n) is 3.18. The summed E-state index contributed by atoms with van der Waals surface area (Å²) >= 11 is 0. The highest BCUT2D eigenvalue weighted by Gasteiger charge is 1.96. The predicted octanol–water partition coefficient (Wildman–Crippen LogP) is 6.30. The van der Waals surface area contributed by atoms with E-state index in [1.165, 1.54) is 0 Å². The van der Waals surface area contributed by atoms with Crippen LogP contribution in [0, 0.1) is 5.41 Å². The first-order valence-corrected chi connectivity index (χ1v) is 7.69. The van der Waals surface area contributed by atoms with Crippen molar-refractivity contribution in [1.29, 1.82) is 5.41 Å². The molecule has 0 saturated carbocycles. The number of nitrogens with one attached hydrogen (secondary N) is 1. The SMILES string of the molecule is C=C(C)/C=C\C(=C/C)C(=C)C/C=C\C(=N)/C=C/c1ccccc1. The van der Waals surface area contributed by atoms with Gasteiger partial charge >= 0.3 is 0 Å². The van der Waals surface area contributed by atoms with Gasteiger partial charge in [-0.2, -0.15) is 0 Å². The Hall–Kier alpha value is -2.67. The fraction of sp³-hybridized carbons (Fsp3) is 0.136. The van der Waals surface area contributed by atoms with Crippen molar-refractivity contribution in [2.75, 3.05) is 0 Å². The van der Waals surface area contributed by atoms with E-state index in [0.29, 0.717) is 5.71 Å². The van der Waals surface area contributed by atoms with E-state index in [0.717, 1.165) is 28.7 Å². The Kier molecular flexibility index (Phi) is 8.09. The van der Waals surface area contributed by atoms with Crippen LogP contribution in [0.25, 0.3) is 6.08 Å². The number of benzene rings is 1. The molecule has 0 amide bonds. The molecule has 1 aromatic carbocycles. The zero-order valence-electron chi connectivity index (χ0n) is 14.0. The fourth-order valence-corrected chi connectivity index (χ4v) is 1.90. The molecule has 0 heterocycles. The van der Waals surface area contributed by atoms with Crippen molar-refractivity contribution in [2.24, 2.45) is 0 Å². The van der Waals surface area contributed by atoms with E-state index in [4.69, 9.17) is 5.41 Å². The van der Waals surface area contributed by atoms with Gasteiger partial charge in [-0.3, -0.25) is 0 Å². The van der Waals surface area contributed by atoms with Crippen molar-refractivity contribution < 1.29 is 0 Å². The van der Waals surface area contributed by atoms with Crippen LogP contribution in [0.5, 0.6) is 0 Å². The lowest BCUT2D eigenvalue weighted by molar-refractivity contribution is 1.25. The molecular formula is C22H25N. The molecule has 1 aromatic rings. The van der Waals surface area contributed by atoms with Crippen molar-refractivity contribution in [3.63, 3.8) is 0 Å². The molecule has 0 spiro atoms. The minimum Gasteiger partial charge on any atom is -0.301 e. The van der Waals surface area contributed by atoms with Crippen LogP contribution in [0.2, 0.25) is 0 Å². The second kappa shape index (κ2) is 10.1. The second-order valence-corrected chi connectivity index (χ2v) is 5.33. The summed E-state index contributed by atoms with van der Waals surface area (Å²) in [4.78, 5) is 0. The van der Waals surface area contributed by atoms with E-state index >= 15 is 0 Å². The fourth-order valence-electron chi connectivity index (χ4n) is 1.90. The van der Waals surface area contributed by atoms with E-state index in [1.54, 1.807) is 12.2 Å². The molecule has 0 radical (unpaired) electrons. The normalized spacial score (nSPS) is 12.3. The highest BCUT2D eigenvalue weighted by molar-refractivity contribution is 6.04. The van der Waals surface area contributed by atoms with Gasteiger partial charge in [0, 0.05) is 0 Å². The zero-order valence-corrected chi connectivity index (χ0v) is 14.0. The average Bonchev–Trinajstić information content (AvgIpc) is 2.54. The van der Waals surface area contributed by atoms with Gasteiger partial charge in [0.15, 0.2) is 0 Å². The van der Waals surface area contributed by atoms with Gasteiger partial charge in [0.2, 0.25) is 0 Å². The summed E-state index contributed by atoms with van der Waals surface area (Å²) in [5.74, 6) is 0. The van der Waals surface area contributed by atoms with Crippen molar-refractivity contribution in [1.82, 2.24) is 0 Å². The van der Waals surface area contributed by atoms with Crippen LogP contribution in [0.15, 0.2) is 96.7 Å². The molecule has 118 valence electrons. The molecule has 0 aliphatic rings. The quantitative estimate of drug-likeness (QED) is 0.430. The monoisotopic (exact) mass is 303 g/mol. The summed E-state index contributed by atoms with van der Waals surface area (Å²) in [7, 11) is 0. The van der Waals surface area contributed by atoms with Crippen molar-refractivity contribution in [3.05, 3.63) is 102 Å². The van der Waals surface area contributed by atoms with Crippen LogP contribution in [-0.4, -0.2) is 5.71 Å². The highest BCUT2D eigenvalue weighted by atomic mass is 14.4. The lowest BCUT2D eigenvalue weighted by atomic mass is 10.0. The van der Waals surface area contributed by atoms with Gasteiger partial charge in [-0.15, -0.1) is 0 Å². The molecule has 23 heavy (non-hydrogen) atoms. The van der Waals surface area contributed by atoms with Crippen LogP contribution in [0.3, 0.4) is 0 Å². The van der Waals surface area contributed by atoms with E-state index < -0.39 is 0 Å². The molecule has 1 rings (SSSR count). The van der Waals surface area contributed by atoms with Gasteiger partial charge < -0.3 is 5.41 Å². The molecule has 0 saturated heterocycles. The number of hydrogen-bond donors (Lipinski definition) is 1. The largest absolute Gasteiger partial charge is 0.301 e. The number of hydrogen-bond acceptors (Lipinski definition) is 1. The Balaban J connectivity index is 2.54. The summed E-state index contributed by atoms with van der Waals surface area (Å²) in [6, 6.07) is 9.99. The van der Waals surface area contributed by atoms with Gasteiger partial charge in [-0.1, -0.05) is 79.4 Å². The van der Waals surface area contributed by atoms with Gasteiger partial charge in [-0.25, -0.2) is 0 Å². The van der Waals surface area contributed by atoms with Gasteiger partial charge in [-0.05, 0) is 49.1 Å². The first-order chi connectivity index (χ1) is 11.0. The van der Waals surface area contributed by atoms with Crippen LogP contribution in [0.1, 0.15) is 25.8 Å². The first kappa shape index (κ1) is 18.4. The van der Waals surface area contributed by atoms with Crippen molar-refractivity contribution in [2.45, 2.75) is 20.3 Å². The Morgan fingerprint density at radius 1 is 1.04 bits per heavy atom. The standard InChI is InChI=1S/C22H25N/c1-5-21(16-14-18(2)3)19(4)10-9-13-22(23)17-15-20-11-7-6-8-12-20/h5-9,11-17,23H,2,4,10H2,1,3H3/b13-9-,16-14-,17-15+,21-5+,23-22?. The minimum absolute atomic E-state index is 0.473. The molecule has 0 atom stereocenters. The topological polar surface area (TPSA) is 23.9 Å². The molecular weight excluding hydrogens is 278 g/mol. The molecule has 1 nitrogen and oxygen atoms in total. The molecule has 0 aliphatic heterocycles. The Morgan fingerprint density at radius 2 is 1.74 bits per heavy atom. The maximum absolute atomic E-state index is 7.93. The summed E-state index contributed by atoms with van der Waals surface area (Å²) in [6.07, 6.45) is 14.3. The summed E-state index contributed by atoms with van der Waals surface area (Å²) in [5, 5.41) is 7.93. The van der Waals surface area contributed by atoms with Crippen molar-refractivity contribution in [3.8, 4) is 0 Å². The third-order valence-corrected chi connectivity index (χ3v) is 3.18. The summed E-state index contributed by atoms with van der Waals surface area (Å²) < 4.78 is 0. The molecule has 0 fully saturated rings. The predicted molar refractivity (Wildman–Crippen MR) is 104 cm³/mol. The molecule has 1 N–H and O–H groups in total. The Morgan fingerprint density at radius 3 is 2.35 bits per heavy atom. The molecule has 0 aromatic heterocycles. The van der Waals surface area contributed by atoms with Crippen LogP contribution < -0.4 is 0 Å². The maximum Gasteiger partial charge on any atom is 0.0536 e. The Bertz CT molecular complexity index is 667. The first-order valence-electron chi connectivity index (χ1n) is 7.69. The smallest absolute Gasteiger partial charge is 0.0536 e. The molecule has 0 bridgehead atoms. The van der Waals surface area contributed by atoms with E-state index in [9.17, 15) is 0 Å². The van der Waals surface area contributed by atoms with Gasteiger partial charge in [0.25, 0.3) is 0 Å². The third kappa shape index (κ3) is 7.77. The number of allylic oxidation sites excluding steroid dienone is 9. The van der Waals surface area contributed by atoms with E-state index in [1.807, 2.05) is 74.6 Å². The minimum atomic E-state index is 0.473. The lowest BCUT2D eigenvalue weighted by Gasteiger charge is -2.03. The Labute approximate surface area is 140 Å². The zero-order chi connectivity index (χ0) is 17.1. The van der Waals surface area contributed by atoms with E-state index in [2.05, 4.69) is 13.2 Å². The molecule has 1 heteroatoms. The van der Waals surface area contributed by atoms with Crippen LogP contribution in [0.4, 0.5) is 0 Å². The average molecular weight is 303 g/mol. The van der Waals surface area contributed by atoms with E-state index in [-0.39, 0.29) is 0 Å². The summed E-state index contributed by atoms with van der Waals surface area (Å²) in [6.45, 7) is 11.9. The number of rotatable bonds is 8. The van der Waals surface area contributed by atoms with Crippen molar-refractivity contribution >= 4 is 11.8 Å². The van der Waals surface area contributed by atoms with Crippen LogP contribution >= 0.6 is 0 Å². The molecule has 0 aliphatic carbocycles. The highest BCUT2D eigenvalue weighted by Crippen LogP contribution is 2.15. The van der Waals surface area contributed by atoms with Gasteiger partial charge in [0.05, 0.1) is 5.71 Å².